The zero-order valence-electron chi connectivity index (χ0n) is 17.3. The van der Waals surface area contributed by atoms with Crippen molar-refractivity contribution in [3.63, 3.8) is 0 Å². The molecule has 7 nitrogen and oxygen atoms in total. The molecular weight excluding hydrogens is 396 g/mol. The van der Waals surface area contributed by atoms with Gasteiger partial charge < -0.3 is 10.1 Å². The van der Waals surface area contributed by atoms with Crippen LogP contribution in [-0.4, -0.2) is 41.2 Å². The van der Waals surface area contributed by atoms with Crippen LogP contribution in [0.15, 0.2) is 48.5 Å². The lowest BCUT2D eigenvalue weighted by Crippen LogP contribution is -2.46. The molecule has 0 saturated carbocycles. The molecule has 1 N–H and O–H groups in total. The Hall–Kier alpha value is -3.48. The van der Waals surface area contributed by atoms with E-state index in [0.717, 1.165) is 29.7 Å². The summed E-state index contributed by atoms with van der Waals surface area (Å²) in [6.45, 7) is 0.965. The molecule has 2 aliphatic rings. The third-order valence-corrected chi connectivity index (χ3v) is 5.79. The Morgan fingerprint density at radius 3 is 2.61 bits per heavy atom. The van der Waals surface area contributed by atoms with Crippen molar-refractivity contribution in [3.05, 3.63) is 70.8 Å². The van der Waals surface area contributed by atoms with Crippen molar-refractivity contribution in [2.45, 2.75) is 44.8 Å². The Morgan fingerprint density at radius 1 is 1.10 bits per heavy atom. The number of benzene rings is 2. The van der Waals surface area contributed by atoms with E-state index in [-0.39, 0.29) is 12.5 Å². The van der Waals surface area contributed by atoms with Gasteiger partial charge in [-0.05, 0) is 48.9 Å². The number of nitrogens with one attached hydrogen (secondary N) is 1. The molecule has 0 bridgehead atoms. The predicted octanol–water partition coefficient (Wildman–Crippen LogP) is 2.34. The van der Waals surface area contributed by atoms with E-state index in [9.17, 15) is 19.2 Å². The van der Waals surface area contributed by atoms with Crippen LogP contribution in [0.4, 0.5) is 0 Å². The maximum atomic E-state index is 12.6. The van der Waals surface area contributed by atoms with Gasteiger partial charge in [0.1, 0.15) is 6.54 Å². The fraction of sp³-hybridized carbons (Fsp3) is 0.333. The van der Waals surface area contributed by atoms with E-state index in [4.69, 9.17) is 4.74 Å². The smallest absolute Gasteiger partial charge is 0.326 e. The highest BCUT2D eigenvalue weighted by molar-refractivity contribution is 6.11. The lowest BCUT2D eigenvalue weighted by atomic mass is 9.87. The van der Waals surface area contributed by atoms with Crippen LogP contribution >= 0.6 is 0 Å². The second-order valence-corrected chi connectivity index (χ2v) is 7.90. The third-order valence-electron chi connectivity index (χ3n) is 5.79. The topological polar surface area (TPSA) is 92.8 Å². The molecule has 2 atom stereocenters. The van der Waals surface area contributed by atoms with Gasteiger partial charge in [0.05, 0.1) is 12.5 Å². The number of amides is 3. The molecule has 0 fully saturated rings. The molecule has 2 aromatic rings. The van der Waals surface area contributed by atoms with Crippen LogP contribution in [0.25, 0.3) is 0 Å². The van der Waals surface area contributed by atoms with Gasteiger partial charge in [-0.3, -0.25) is 24.1 Å². The van der Waals surface area contributed by atoms with Crippen LogP contribution < -0.4 is 5.32 Å². The average Bonchev–Trinajstić information content (AvgIpc) is 2.77. The summed E-state index contributed by atoms with van der Waals surface area (Å²) >= 11 is 0. The summed E-state index contributed by atoms with van der Waals surface area (Å²) in [5.74, 6) is -2.19. The fourth-order valence-corrected chi connectivity index (χ4v) is 4.17. The van der Waals surface area contributed by atoms with Crippen molar-refractivity contribution in [2.75, 3.05) is 6.54 Å². The maximum absolute atomic E-state index is 12.6. The quantitative estimate of drug-likeness (QED) is 0.592. The minimum Gasteiger partial charge on any atom is -0.451 e. The van der Waals surface area contributed by atoms with Gasteiger partial charge in [-0.15, -0.1) is 0 Å². The molecule has 31 heavy (non-hydrogen) atoms. The summed E-state index contributed by atoms with van der Waals surface area (Å²) < 4.78 is 5.23. The Labute approximate surface area is 180 Å². The SMILES string of the molecule is C[C@@H](OC(=O)CN1C(=O)Cc2ccccc2C1=O)C(=O)N[C@H]1CCCc2ccccc21. The number of fused-ring (bicyclic) bond motifs is 2. The van der Waals surface area contributed by atoms with Crippen LogP contribution in [0.3, 0.4) is 0 Å². The van der Waals surface area contributed by atoms with Crippen LogP contribution in [0, 0.1) is 0 Å². The van der Waals surface area contributed by atoms with Crippen LogP contribution in [0.2, 0.25) is 0 Å². The van der Waals surface area contributed by atoms with E-state index in [1.807, 2.05) is 18.2 Å². The lowest BCUT2D eigenvalue weighted by molar-refractivity contribution is -0.157. The van der Waals surface area contributed by atoms with Gasteiger partial charge in [0.25, 0.3) is 11.8 Å². The highest BCUT2D eigenvalue weighted by Crippen LogP contribution is 2.29. The van der Waals surface area contributed by atoms with E-state index in [1.165, 1.54) is 12.5 Å². The normalized spacial score (nSPS) is 18.6. The first kappa shape index (κ1) is 20.8. The largest absolute Gasteiger partial charge is 0.451 e. The van der Waals surface area contributed by atoms with Crippen LogP contribution in [0.1, 0.15) is 52.9 Å². The predicted molar refractivity (Wildman–Crippen MR) is 112 cm³/mol. The number of aryl methyl sites for hydroxylation is 1. The Bertz CT molecular complexity index is 1050. The summed E-state index contributed by atoms with van der Waals surface area (Å²) in [6.07, 6.45) is 1.78. The monoisotopic (exact) mass is 420 g/mol. The number of rotatable bonds is 5. The van der Waals surface area contributed by atoms with Gasteiger partial charge in [0.2, 0.25) is 5.91 Å². The molecule has 4 rings (SSSR count). The number of hydrogen-bond donors (Lipinski definition) is 1. The van der Waals surface area contributed by atoms with Crippen molar-refractivity contribution in [3.8, 4) is 0 Å². The Balaban J connectivity index is 1.35. The summed E-state index contributed by atoms with van der Waals surface area (Å²) in [5.41, 5.74) is 3.34. The van der Waals surface area contributed by atoms with E-state index in [2.05, 4.69) is 11.4 Å². The van der Waals surface area contributed by atoms with Crippen molar-refractivity contribution in [2.24, 2.45) is 0 Å². The minimum atomic E-state index is -1.04. The van der Waals surface area contributed by atoms with Crippen molar-refractivity contribution in [1.82, 2.24) is 10.2 Å². The van der Waals surface area contributed by atoms with E-state index in [1.54, 1.807) is 24.3 Å². The number of imide groups is 1. The van der Waals surface area contributed by atoms with Gasteiger partial charge in [-0.25, -0.2) is 0 Å². The lowest BCUT2D eigenvalue weighted by Gasteiger charge is -2.28. The number of carbonyl (C=O) groups is 4. The molecule has 2 aromatic carbocycles. The number of hydrogen-bond acceptors (Lipinski definition) is 5. The first-order valence-electron chi connectivity index (χ1n) is 10.4. The van der Waals surface area contributed by atoms with Crippen molar-refractivity contribution >= 4 is 23.7 Å². The highest BCUT2D eigenvalue weighted by atomic mass is 16.5. The number of carbonyl (C=O) groups excluding carboxylic acids is 4. The van der Waals surface area contributed by atoms with Crippen LogP contribution in [-0.2, 0) is 32.0 Å². The van der Waals surface area contributed by atoms with Crippen molar-refractivity contribution < 1.29 is 23.9 Å². The summed E-state index contributed by atoms with van der Waals surface area (Å²) in [6, 6.07) is 14.7. The second-order valence-electron chi connectivity index (χ2n) is 7.90. The molecule has 1 aliphatic carbocycles. The zero-order chi connectivity index (χ0) is 22.0. The fourth-order valence-electron chi connectivity index (χ4n) is 4.17. The third kappa shape index (κ3) is 4.35. The van der Waals surface area contributed by atoms with Gasteiger partial charge >= 0.3 is 5.97 Å². The molecule has 3 amide bonds. The standard InChI is InChI=1S/C24H24N2O5/c1-15(23(29)25-20-12-6-9-16-7-2-4-10-18(16)20)31-22(28)14-26-21(27)13-17-8-3-5-11-19(17)24(26)30/h2-5,7-8,10-11,15,20H,6,9,12-14H2,1H3,(H,25,29)/t15-,20+/m1/s1. The summed E-state index contributed by atoms with van der Waals surface area (Å²) in [4.78, 5) is 50.8. The summed E-state index contributed by atoms with van der Waals surface area (Å²) in [5, 5.41) is 2.95. The average molecular weight is 420 g/mol. The Kier molecular flexibility index (Phi) is 5.84. The van der Waals surface area contributed by atoms with Gasteiger partial charge in [-0.2, -0.15) is 0 Å². The first-order valence-corrected chi connectivity index (χ1v) is 10.4. The maximum Gasteiger partial charge on any atom is 0.326 e. The summed E-state index contributed by atoms with van der Waals surface area (Å²) in [7, 11) is 0. The first-order chi connectivity index (χ1) is 14.9. The molecule has 0 aromatic heterocycles. The van der Waals surface area contributed by atoms with Gasteiger partial charge in [0.15, 0.2) is 6.10 Å². The van der Waals surface area contributed by atoms with Crippen molar-refractivity contribution in [1.29, 1.82) is 0 Å². The molecule has 0 spiro atoms. The molecule has 0 radical (unpaired) electrons. The minimum absolute atomic E-state index is 0.0479. The van der Waals surface area contributed by atoms with Gasteiger partial charge in [0, 0.05) is 5.56 Å². The van der Waals surface area contributed by atoms with Gasteiger partial charge in [-0.1, -0.05) is 42.5 Å². The zero-order valence-corrected chi connectivity index (χ0v) is 17.3. The highest BCUT2D eigenvalue weighted by Gasteiger charge is 2.33. The molecule has 0 unspecified atom stereocenters. The molecule has 0 saturated heterocycles. The van der Waals surface area contributed by atoms with Crippen LogP contribution in [0.5, 0.6) is 0 Å². The molecule has 1 heterocycles. The molecule has 1 aliphatic heterocycles. The number of nitrogens with zero attached hydrogens (tertiary/aromatic N) is 1. The van der Waals surface area contributed by atoms with E-state index < -0.39 is 36.3 Å². The number of ether oxygens (including phenoxy) is 1. The molecular formula is C24H24N2O5. The van der Waals surface area contributed by atoms with E-state index in [0.29, 0.717) is 11.1 Å². The Morgan fingerprint density at radius 2 is 1.81 bits per heavy atom. The molecule has 160 valence electrons. The second kappa shape index (κ2) is 8.71. The molecule has 7 heteroatoms. The number of esters is 1. The van der Waals surface area contributed by atoms with E-state index >= 15 is 0 Å².